The second kappa shape index (κ2) is 7.90. The van der Waals surface area contributed by atoms with Gasteiger partial charge >= 0.3 is 5.97 Å². The minimum atomic E-state index is -0.624. The Morgan fingerprint density at radius 1 is 0.963 bits per heavy atom. The molecule has 27 heavy (non-hydrogen) atoms. The maximum atomic E-state index is 12.2. The molecule has 3 aromatic rings. The molecule has 1 aromatic heterocycles. The van der Waals surface area contributed by atoms with Crippen LogP contribution in [-0.4, -0.2) is 28.5 Å². The van der Waals surface area contributed by atoms with Gasteiger partial charge in [0.15, 0.2) is 6.61 Å². The van der Waals surface area contributed by atoms with Crippen molar-refractivity contribution in [2.75, 3.05) is 11.9 Å². The Bertz CT molecular complexity index is 1050. The molecule has 3 rings (SSSR count). The number of nitrogens with zero attached hydrogens (tertiary/aromatic N) is 2. The Balaban J connectivity index is 1.64. The van der Waals surface area contributed by atoms with E-state index in [1.807, 2.05) is 13.8 Å². The number of amides is 1. The Morgan fingerprint density at radius 3 is 2.37 bits per heavy atom. The molecule has 0 fully saturated rings. The first-order valence-corrected chi connectivity index (χ1v) is 8.76. The minimum absolute atomic E-state index is 0.294. The van der Waals surface area contributed by atoms with E-state index in [9.17, 15) is 9.59 Å². The summed E-state index contributed by atoms with van der Waals surface area (Å²) in [6.45, 7) is 3.28. The monoisotopic (exact) mass is 403 g/mol. The van der Waals surface area contributed by atoms with Crippen LogP contribution in [0, 0.1) is 13.8 Å². The molecule has 1 heterocycles. The highest BCUT2D eigenvalue weighted by Gasteiger charge is 2.13. The van der Waals surface area contributed by atoms with E-state index < -0.39 is 18.5 Å². The fourth-order valence-corrected chi connectivity index (χ4v) is 2.64. The van der Waals surface area contributed by atoms with Gasteiger partial charge in [-0.05, 0) is 50.2 Å². The zero-order chi connectivity index (χ0) is 19.6. The molecule has 0 bridgehead atoms. The maximum Gasteiger partial charge on any atom is 0.338 e. The number of halogens is 2. The average molecular weight is 404 g/mol. The van der Waals surface area contributed by atoms with Crippen molar-refractivity contribution in [3.8, 4) is 0 Å². The summed E-state index contributed by atoms with van der Waals surface area (Å²) in [6.07, 6.45) is 0. The lowest BCUT2D eigenvalue weighted by Crippen LogP contribution is -2.21. The number of hydrogen-bond donors (Lipinski definition) is 1. The number of carbonyl (C=O) groups excluding carboxylic acids is 2. The van der Waals surface area contributed by atoms with E-state index in [0.717, 1.165) is 11.4 Å². The smallest absolute Gasteiger partial charge is 0.338 e. The van der Waals surface area contributed by atoms with Gasteiger partial charge < -0.3 is 10.1 Å². The molecule has 0 spiro atoms. The summed E-state index contributed by atoms with van der Waals surface area (Å²) in [5.74, 6) is -1.12. The van der Waals surface area contributed by atoms with E-state index in [0.29, 0.717) is 32.3 Å². The van der Waals surface area contributed by atoms with E-state index in [1.54, 1.807) is 30.3 Å². The van der Waals surface area contributed by atoms with Crippen molar-refractivity contribution >= 4 is 51.8 Å². The number of hydrogen-bond acceptors (Lipinski definition) is 5. The van der Waals surface area contributed by atoms with Crippen LogP contribution >= 0.6 is 23.2 Å². The van der Waals surface area contributed by atoms with Gasteiger partial charge in [0.25, 0.3) is 5.91 Å². The van der Waals surface area contributed by atoms with Crippen LogP contribution in [0.2, 0.25) is 10.0 Å². The van der Waals surface area contributed by atoms with Gasteiger partial charge in [-0.25, -0.2) is 14.8 Å². The standard InChI is InChI=1S/C19H15Cl2N3O3/c1-10-11(2)23-17-7-12(3-6-16(17)22-10)19(26)27-9-18(25)24-13-4-5-14(20)15(21)8-13/h3-8H,9H2,1-2H3,(H,24,25). The zero-order valence-corrected chi connectivity index (χ0v) is 16.1. The molecule has 0 atom stereocenters. The molecule has 0 radical (unpaired) electrons. The molecule has 0 saturated heterocycles. The Kier molecular flexibility index (Phi) is 5.58. The highest BCUT2D eigenvalue weighted by Crippen LogP contribution is 2.25. The molecule has 1 amide bonds. The molecule has 0 aliphatic carbocycles. The number of ether oxygens (including phenoxy) is 1. The Morgan fingerprint density at radius 2 is 1.67 bits per heavy atom. The summed E-state index contributed by atoms with van der Waals surface area (Å²) in [5.41, 5.74) is 3.64. The summed E-state index contributed by atoms with van der Waals surface area (Å²) in [6, 6.07) is 9.54. The summed E-state index contributed by atoms with van der Waals surface area (Å²) >= 11 is 11.7. The van der Waals surface area contributed by atoms with Crippen LogP contribution in [0.4, 0.5) is 5.69 Å². The van der Waals surface area contributed by atoms with Crippen LogP contribution in [0.3, 0.4) is 0 Å². The van der Waals surface area contributed by atoms with E-state index in [4.69, 9.17) is 27.9 Å². The molecule has 1 N–H and O–H groups in total. The lowest BCUT2D eigenvalue weighted by molar-refractivity contribution is -0.119. The Hall–Kier alpha value is -2.70. The largest absolute Gasteiger partial charge is 0.452 e. The third-order valence-corrected chi connectivity index (χ3v) is 4.59. The number of aryl methyl sites for hydroxylation is 2. The average Bonchev–Trinajstić information content (AvgIpc) is 2.63. The van der Waals surface area contributed by atoms with Crippen LogP contribution in [0.5, 0.6) is 0 Å². The predicted molar refractivity (Wildman–Crippen MR) is 104 cm³/mol. The van der Waals surface area contributed by atoms with E-state index in [1.165, 1.54) is 6.07 Å². The van der Waals surface area contributed by atoms with Crippen molar-refractivity contribution in [3.63, 3.8) is 0 Å². The second-order valence-electron chi connectivity index (χ2n) is 5.85. The molecule has 0 aliphatic rings. The van der Waals surface area contributed by atoms with Gasteiger partial charge in [-0.2, -0.15) is 0 Å². The number of rotatable bonds is 4. The quantitative estimate of drug-likeness (QED) is 0.654. The summed E-state index contributed by atoms with van der Waals surface area (Å²) in [5, 5.41) is 3.27. The maximum absolute atomic E-state index is 12.2. The van der Waals surface area contributed by atoms with Crippen molar-refractivity contribution < 1.29 is 14.3 Å². The van der Waals surface area contributed by atoms with Gasteiger partial charge in [0.2, 0.25) is 0 Å². The summed E-state index contributed by atoms with van der Waals surface area (Å²) in [7, 11) is 0. The predicted octanol–water partition coefficient (Wildman–Crippen LogP) is 4.35. The van der Waals surface area contributed by atoms with Crippen molar-refractivity contribution in [1.29, 1.82) is 0 Å². The van der Waals surface area contributed by atoms with Gasteiger partial charge in [-0.15, -0.1) is 0 Å². The molecule has 138 valence electrons. The number of carbonyl (C=O) groups is 2. The zero-order valence-electron chi connectivity index (χ0n) is 14.5. The minimum Gasteiger partial charge on any atom is -0.452 e. The van der Waals surface area contributed by atoms with Crippen LogP contribution in [0.25, 0.3) is 11.0 Å². The molecule has 8 heteroatoms. The molecular weight excluding hydrogens is 389 g/mol. The molecule has 6 nitrogen and oxygen atoms in total. The molecule has 0 saturated carbocycles. The molecule has 0 aliphatic heterocycles. The van der Waals surface area contributed by atoms with Gasteiger partial charge in [0.1, 0.15) is 0 Å². The van der Waals surface area contributed by atoms with E-state index in [2.05, 4.69) is 15.3 Å². The van der Waals surface area contributed by atoms with Crippen molar-refractivity contribution in [2.45, 2.75) is 13.8 Å². The fourth-order valence-electron chi connectivity index (χ4n) is 2.34. The summed E-state index contributed by atoms with van der Waals surface area (Å²) in [4.78, 5) is 33.0. The van der Waals surface area contributed by atoms with Crippen LogP contribution in [0.1, 0.15) is 21.7 Å². The number of benzene rings is 2. The highest BCUT2D eigenvalue weighted by atomic mass is 35.5. The van der Waals surface area contributed by atoms with E-state index >= 15 is 0 Å². The Labute approximate surface area is 165 Å². The van der Waals surface area contributed by atoms with Crippen LogP contribution in [-0.2, 0) is 9.53 Å². The normalized spacial score (nSPS) is 10.7. The first-order chi connectivity index (χ1) is 12.8. The van der Waals surface area contributed by atoms with Gasteiger partial charge in [-0.1, -0.05) is 23.2 Å². The lowest BCUT2D eigenvalue weighted by Gasteiger charge is -2.08. The number of esters is 1. The second-order valence-corrected chi connectivity index (χ2v) is 6.67. The van der Waals surface area contributed by atoms with Crippen molar-refractivity contribution in [1.82, 2.24) is 9.97 Å². The highest BCUT2D eigenvalue weighted by molar-refractivity contribution is 6.42. The molecular formula is C19H15Cl2N3O3. The topological polar surface area (TPSA) is 81.2 Å². The van der Waals surface area contributed by atoms with Crippen molar-refractivity contribution in [2.24, 2.45) is 0 Å². The third kappa shape index (κ3) is 4.53. The van der Waals surface area contributed by atoms with Gasteiger partial charge in [0, 0.05) is 5.69 Å². The van der Waals surface area contributed by atoms with E-state index in [-0.39, 0.29) is 0 Å². The van der Waals surface area contributed by atoms with Crippen LogP contribution < -0.4 is 5.32 Å². The number of nitrogens with one attached hydrogen (secondary N) is 1. The molecule has 0 unspecified atom stereocenters. The van der Waals surface area contributed by atoms with Crippen molar-refractivity contribution in [3.05, 3.63) is 63.4 Å². The lowest BCUT2D eigenvalue weighted by atomic mass is 10.2. The first-order valence-electron chi connectivity index (χ1n) is 8.00. The fraction of sp³-hybridized carbons (Fsp3) is 0.158. The molecule has 2 aromatic carbocycles. The third-order valence-electron chi connectivity index (χ3n) is 3.85. The summed E-state index contributed by atoms with van der Waals surface area (Å²) < 4.78 is 5.06. The van der Waals surface area contributed by atoms with Gasteiger partial charge in [-0.3, -0.25) is 4.79 Å². The SMILES string of the molecule is Cc1nc2ccc(C(=O)OCC(=O)Nc3ccc(Cl)c(Cl)c3)cc2nc1C. The number of aromatic nitrogens is 2. The number of anilines is 1. The van der Waals surface area contributed by atoms with Gasteiger partial charge in [0.05, 0.1) is 38.0 Å². The number of fused-ring (bicyclic) bond motifs is 1. The van der Waals surface area contributed by atoms with Crippen LogP contribution in [0.15, 0.2) is 36.4 Å². The first kappa shape index (κ1) is 19.1.